The molecule has 0 radical (unpaired) electrons. The fourth-order valence-corrected chi connectivity index (χ4v) is 4.01. The van der Waals surface area contributed by atoms with Gasteiger partial charge in [-0.2, -0.15) is 0 Å². The van der Waals surface area contributed by atoms with E-state index in [9.17, 15) is 17.6 Å². The topological polar surface area (TPSA) is 101 Å². The van der Waals surface area contributed by atoms with Gasteiger partial charge in [0.2, 0.25) is 15.9 Å². The highest BCUT2D eigenvalue weighted by Gasteiger charge is 2.28. The number of nitrogen functional groups attached to an aromatic ring is 1. The summed E-state index contributed by atoms with van der Waals surface area (Å²) in [6.07, 6.45) is 0.0769. The van der Waals surface area contributed by atoms with Gasteiger partial charge < -0.3 is 11.1 Å². The number of hydrogen-bond donors (Lipinski definition) is 3. The standard InChI is InChI=1S/C10H11BrFN3O3S/c11-6-2-7(12)8(13)3-9(6)19(17,18)15-5-1-10(16)14-4-5/h2-3,5,15H,1,4,13H2,(H,14,16). The summed E-state index contributed by atoms with van der Waals surface area (Å²) in [5, 5.41) is 2.52. The molecule has 2 rings (SSSR count). The molecule has 1 heterocycles. The fourth-order valence-electron chi connectivity index (χ4n) is 1.72. The van der Waals surface area contributed by atoms with E-state index in [0.717, 1.165) is 12.1 Å². The molecule has 1 aliphatic heterocycles. The highest BCUT2D eigenvalue weighted by molar-refractivity contribution is 9.10. The maximum absolute atomic E-state index is 13.2. The van der Waals surface area contributed by atoms with Crippen molar-refractivity contribution in [2.75, 3.05) is 12.3 Å². The first-order valence-electron chi connectivity index (χ1n) is 5.33. The first-order chi connectivity index (χ1) is 8.79. The molecule has 19 heavy (non-hydrogen) atoms. The van der Waals surface area contributed by atoms with Gasteiger partial charge in [-0.15, -0.1) is 0 Å². The van der Waals surface area contributed by atoms with Gasteiger partial charge in [0.05, 0.1) is 10.6 Å². The molecule has 1 aromatic carbocycles. The summed E-state index contributed by atoms with van der Waals surface area (Å²) in [6.45, 7) is 0.229. The maximum atomic E-state index is 13.2. The minimum absolute atomic E-state index is 0.0731. The Kier molecular flexibility index (Phi) is 3.79. The minimum Gasteiger partial charge on any atom is -0.396 e. The molecule has 6 nitrogen and oxygen atoms in total. The molecule has 1 fully saturated rings. The first kappa shape index (κ1) is 14.2. The van der Waals surface area contributed by atoms with Crippen LogP contribution < -0.4 is 15.8 Å². The number of sulfonamides is 1. The zero-order valence-corrected chi connectivity index (χ0v) is 12.0. The van der Waals surface area contributed by atoms with E-state index < -0.39 is 21.9 Å². The Morgan fingerprint density at radius 2 is 2.16 bits per heavy atom. The van der Waals surface area contributed by atoms with Gasteiger partial charge in [-0.25, -0.2) is 17.5 Å². The number of carbonyl (C=O) groups is 1. The molecule has 0 aliphatic carbocycles. The van der Waals surface area contributed by atoms with E-state index in [0.29, 0.717) is 0 Å². The smallest absolute Gasteiger partial charge is 0.242 e. The van der Waals surface area contributed by atoms with Crippen LogP contribution in [0.1, 0.15) is 6.42 Å². The number of amides is 1. The van der Waals surface area contributed by atoms with E-state index >= 15 is 0 Å². The molecule has 1 aliphatic rings. The summed E-state index contributed by atoms with van der Waals surface area (Å²) in [7, 11) is -3.87. The quantitative estimate of drug-likeness (QED) is 0.683. The lowest BCUT2D eigenvalue weighted by Crippen LogP contribution is -2.36. The van der Waals surface area contributed by atoms with Crippen molar-refractivity contribution >= 4 is 37.5 Å². The van der Waals surface area contributed by atoms with Crippen molar-refractivity contribution in [3.63, 3.8) is 0 Å². The Morgan fingerprint density at radius 3 is 2.74 bits per heavy atom. The third kappa shape index (κ3) is 3.04. The van der Waals surface area contributed by atoms with Gasteiger partial charge in [-0.05, 0) is 28.1 Å². The average molecular weight is 352 g/mol. The van der Waals surface area contributed by atoms with Crippen molar-refractivity contribution in [2.45, 2.75) is 17.4 Å². The predicted molar refractivity (Wildman–Crippen MR) is 70.2 cm³/mol. The van der Waals surface area contributed by atoms with Gasteiger partial charge >= 0.3 is 0 Å². The Balaban J connectivity index is 2.29. The third-order valence-electron chi connectivity index (χ3n) is 2.64. The highest BCUT2D eigenvalue weighted by atomic mass is 79.9. The summed E-state index contributed by atoms with van der Waals surface area (Å²) < 4.78 is 39.9. The van der Waals surface area contributed by atoms with E-state index in [1.807, 2.05) is 0 Å². The van der Waals surface area contributed by atoms with E-state index in [1.54, 1.807) is 0 Å². The Hall–Kier alpha value is -1.19. The SMILES string of the molecule is Nc1cc(S(=O)(=O)NC2CNC(=O)C2)c(Br)cc1F. The van der Waals surface area contributed by atoms with Crippen LogP contribution in [0.5, 0.6) is 0 Å². The average Bonchev–Trinajstić information content (AvgIpc) is 2.68. The van der Waals surface area contributed by atoms with Crippen LogP contribution in [0.4, 0.5) is 10.1 Å². The summed E-state index contributed by atoms with van der Waals surface area (Å²) in [6, 6.07) is 1.50. The molecule has 1 unspecified atom stereocenters. The zero-order valence-electron chi connectivity index (χ0n) is 9.61. The van der Waals surface area contributed by atoms with Crippen molar-refractivity contribution < 1.29 is 17.6 Å². The molecule has 104 valence electrons. The van der Waals surface area contributed by atoms with Crippen molar-refractivity contribution in [1.29, 1.82) is 0 Å². The molecule has 1 aromatic rings. The first-order valence-corrected chi connectivity index (χ1v) is 7.61. The van der Waals surface area contributed by atoms with Gasteiger partial charge in [-0.1, -0.05) is 0 Å². The summed E-state index contributed by atoms with van der Waals surface area (Å²) in [5.74, 6) is -0.922. The minimum atomic E-state index is -3.87. The molecule has 4 N–H and O–H groups in total. The number of hydrogen-bond acceptors (Lipinski definition) is 4. The van der Waals surface area contributed by atoms with Gasteiger partial charge in [0.15, 0.2) is 0 Å². The number of nitrogens with two attached hydrogens (primary N) is 1. The van der Waals surface area contributed by atoms with Crippen LogP contribution in [0.2, 0.25) is 0 Å². The Bertz CT molecular complexity index is 635. The molecule has 1 amide bonds. The summed E-state index contributed by atoms with van der Waals surface area (Å²) in [5.41, 5.74) is 5.10. The molecule has 0 spiro atoms. The second-order valence-corrected chi connectivity index (χ2v) is 6.67. The lowest BCUT2D eigenvalue weighted by atomic mass is 10.3. The molecule has 0 aromatic heterocycles. The molecule has 0 saturated carbocycles. The van der Waals surface area contributed by atoms with Crippen molar-refractivity contribution in [3.05, 3.63) is 22.4 Å². The second kappa shape index (κ2) is 5.06. The Morgan fingerprint density at radius 1 is 1.47 bits per heavy atom. The molecular weight excluding hydrogens is 341 g/mol. The number of nitrogens with one attached hydrogen (secondary N) is 2. The van der Waals surface area contributed by atoms with Crippen LogP contribution in [0.15, 0.2) is 21.5 Å². The van der Waals surface area contributed by atoms with Gasteiger partial charge in [0.25, 0.3) is 0 Å². The zero-order chi connectivity index (χ0) is 14.2. The summed E-state index contributed by atoms with van der Waals surface area (Å²) >= 11 is 2.98. The number of rotatable bonds is 3. The van der Waals surface area contributed by atoms with Crippen LogP contribution in [0.3, 0.4) is 0 Å². The van der Waals surface area contributed by atoms with Crippen LogP contribution >= 0.6 is 15.9 Å². The summed E-state index contributed by atoms with van der Waals surface area (Å²) in [4.78, 5) is 10.9. The third-order valence-corrected chi connectivity index (χ3v) is 5.12. The van der Waals surface area contributed by atoms with Gasteiger partial charge in [-0.3, -0.25) is 4.79 Å². The fraction of sp³-hybridized carbons (Fsp3) is 0.300. The number of benzene rings is 1. The lowest BCUT2D eigenvalue weighted by molar-refractivity contribution is -0.119. The highest BCUT2D eigenvalue weighted by Crippen LogP contribution is 2.27. The van der Waals surface area contributed by atoms with Crippen molar-refractivity contribution in [1.82, 2.24) is 10.0 Å². The number of anilines is 1. The normalized spacial score (nSPS) is 19.5. The van der Waals surface area contributed by atoms with Gasteiger partial charge in [0.1, 0.15) is 5.82 Å². The van der Waals surface area contributed by atoms with Crippen LogP contribution in [-0.2, 0) is 14.8 Å². The number of halogens is 2. The largest absolute Gasteiger partial charge is 0.396 e. The predicted octanol–water partition coefficient (Wildman–Crippen LogP) is 0.337. The van der Waals surface area contributed by atoms with E-state index in [-0.39, 0.29) is 33.9 Å². The molecule has 1 atom stereocenters. The lowest BCUT2D eigenvalue weighted by Gasteiger charge is -2.13. The van der Waals surface area contributed by atoms with Crippen LogP contribution in [-0.4, -0.2) is 26.9 Å². The molecule has 0 bridgehead atoms. The van der Waals surface area contributed by atoms with E-state index in [2.05, 4.69) is 26.0 Å². The monoisotopic (exact) mass is 351 g/mol. The number of carbonyl (C=O) groups excluding carboxylic acids is 1. The molecular formula is C10H11BrFN3O3S. The van der Waals surface area contributed by atoms with E-state index in [1.165, 1.54) is 0 Å². The maximum Gasteiger partial charge on any atom is 0.242 e. The van der Waals surface area contributed by atoms with Gasteiger partial charge in [0, 0.05) is 23.5 Å². The molecule has 9 heteroatoms. The van der Waals surface area contributed by atoms with Crippen LogP contribution in [0.25, 0.3) is 0 Å². The van der Waals surface area contributed by atoms with Crippen molar-refractivity contribution in [2.24, 2.45) is 0 Å². The van der Waals surface area contributed by atoms with Crippen LogP contribution in [0, 0.1) is 5.82 Å². The van der Waals surface area contributed by atoms with Crippen molar-refractivity contribution in [3.8, 4) is 0 Å². The molecule has 1 saturated heterocycles. The second-order valence-electron chi connectivity index (χ2n) is 4.13. The Labute approximate surface area is 117 Å². The van der Waals surface area contributed by atoms with E-state index in [4.69, 9.17) is 5.73 Å².